The van der Waals surface area contributed by atoms with Crippen LogP contribution in [-0.2, 0) is 0 Å². The Hall–Kier alpha value is -1.63. The summed E-state index contributed by atoms with van der Waals surface area (Å²) in [7, 11) is 1.89. The molecule has 8 heteroatoms. The van der Waals surface area contributed by atoms with Crippen LogP contribution in [0, 0.1) is 0 Å². The quantitative estimate of drug-likeness (QED) is 0.786. The molecule has 21 heavy (non-hydrogen) atoms. The molecule has 1 amide bonds. The highest BCUT2D eigenvalue weighted by Gasteiger charge is 2.07. The van der Waals surface area contributed by atoms with Gasteiger partial charge in [0.1, 0.15) is 5.69 Å². The second-order valence-electron chi connectivity index (χ2n) is 4.04. The largest absolute Gasteiger partial charge is 0.351 e. The number of carbonyl (C=O) groups excluding carboxylic acids is 1. The van der Waals surface area contributed by atoms with Gasteiger partial charge in [0.05, 0.1) is 0 Å². The Bertz CT molecular complexity index is 533. The zero-order chi connectivity index (χ0) is 13.5. The zero-order valence-electron chi connectivity index (χ0n) is 11.7. The molecular weight excluding hydrogens is 313 g/mol. The van der Waals surface area contributed by atoms with Crippen molar-refractivity contribution >= 4 is 30.7 Å². The van der Waals surface area contributed by atoms with Crippen LogP contribution in [0.15, 0.2) is 36.7 Å². The summed E-state index contributed by atoms with van der Waals surface area (Å²) in [5.41, 5.74) is 0.400. The van der Waals surface area contributed by atoms with Gasteiger partial charge in [-0.2, -0.15) is 5.10 Å². The lowest BCUT2D eigenvalue weighted by Gasteiger charge is -2.06. The second-order valence-corrected chi connectivity index (χ2v) is 4.04. The average molecular weight is 332 g/mol. The minimum atomic E-state index is -0.162. The van der Waals surface area contributed by atoms with Gasteiger partial charge in [-0.15, -0.1) is 24.8 Å². The first-order valence-electron chi connectivity index (χ1n) is 6.21. The average Bonchev–Trinajstić information content (AvgIpc) is 2.98. The minimum Gasteiger partial charge on any atom is -0.351 e. The molecule has 0 radical (unpaired) electrons. The van der Waals surface area contributed by atoms with Crippen LogP contribution in [0.25, 0.3) is 5.82 Å². The van der Waals surface area contributed by atoms with E-state index >= 15 is 0 Å². The summed E-state index contributed by atoms with van der Waals surface area (Å²) in [6.45, 7) is 1.51. The third kappa shape index (κ3) is 5.71. The molecule has 0 aromatic carbocycles. The fourth-order valence-electron chi connectivity index (χ4n) is 1.64. The van der Waals surface area contributed by atoms with Crippen LogP contribution < -0.4 is 10.6 Å². The standard InChI is InChI=1S/C13H17N5O.2ClH/c1-14-7-3-8-15-13(19)11-5-2-6-12(17-11)18-10-4-9-16-18;;/h2,4-6,9-10,14H,3,7-8H2,1H3,(H,15,19);2*1H. The molecule has 0 unspecified atom stereocenters. The maximum Gasteiger partial charge on any atom is 0.269 e. The molecule has 0 atom stereocenters. The molecule has 0 aliphatic carbocycles. The van der Waals surface area contributed by atoms with Gasteiger partial charge >= 0.3 is 0 Å². The van der Waals surface area contributed by atoms with Crippen LogP contribution in [0.2, 0.25) is 0 Å². The normalized spacial score (nSPS) is 9.38. The number of amides is 1. The molecule has 0 aliphatic heterocycles. The lowest BCUT2D eigenvalue weighted by Crippen LogP contribution is -2.27. The maximum atomic E-state index is 11.9. The van der Waals surface area contributed by atoms with E-state index in [1.54, 1.807) is 29.2 Å². The van der Waals surface area contributed by atoms with Gasteiger partial charge in [0.2, 0.25) is 0 Å². The molecule has 0 bridgehead atoms. The Labute approximate surface area is 136 Å². The number of rotatable bonds is 6. The summed E-state index contributed by atoms with van der Waals surface area (Å²) in [4.78, 5) is 16.2. The van der Waals surface area contributed by atoms with E-state index < -0.39 is 0 Å². The summed E-state index contributed by atoms with van der Waals surface area (Å²) in [5.74, 6) is 0.470. The number of halogens is 2. The molecule has 0 saturated carbocycles. The first-order chi connectivity index (χ1) is 9.31. The number of nitrogens with zero attached hydrogens (tertiary/aromatic N) is 3. The smallest absolute Gasteiger partial charge is 0.269 e. The summed E-state index contributed by atoms with van der Waals surface area (Å²) < 4.78 is 1.62. The van der Waals surface area contributed by atoms with Gasteiger partial charge in [0.15, 0.2) is 5.82 Å². The van der Waals surface area contributed by atoms with Crippen molar-refractivity contribution in [3.05, 3.63) is 42.4 Å². The number of hydrogen-bond acceptors (Lipinski definition) is 4. The van der Waals surface area contributed by atoms with Gasteiger partial charge in [-0.1, -0.05) is 6.07 Å². The van der Waals surface area contributed by atoms with Gasteiger partial charge < -0.3 is 10.6 Å². The Morgan fingerprint density at radius 1 is 1.24 bits per heavy atom. The molecule has 0 fully saturated rings. The Kier molecular flexibility index (Phi) is 9.36. The highest BCUT2D eigenvalue weighted by molar-refractivity contribution is 5.92. The number of hydrogen-bond donors (Lipinski definition) is 2. The third-order valence-electron chi connectivity index (χ3n) is 2.60. The van der Waals surface area contributed by atoms with Crippen LogP contribution in [0.1, 0.15) is 16.9 Å². The molecule has 2 aromatic heterocycles. The number of carbonyl (C=O) groups is 1. The lowest BCUT2D eigenvalue weighted by atomic mass is 10.3. The molecule has 6 nitrogen and oxygen atoms in total. The van der Waals surface area contributed by atoms with E-state index in [9.17, 15) is 4.79 Å². The molecule has 2 N–H and O–H groups in total. The van der Waals surface area contributed by atoms with Gasteiger partial charge in [-0.25, -0.2) is 9.67 Å². The summed E-state index contributed by atoms with van der Waals surface area (Å²) in [6, 6.07) is 7.11. The van der Waals surface area contributed by atoms with E-state index in [0.717, 1.165) is 13.0 Å². The highest BCUT2D eigenvalue weighted by Crippen LogP contribution is 2.04. The van der Waals surface area contributed by atoms with E-state index in [4.69, 9.17) is 0 Å². The minimum absolute atomic E-state index is 0. The van der Waals surface area contributed by atoms with Crippen LogP contribution in [0.5, 0.6) is 0 Å². The fourth-order valence-corrected chi connectivity index (χ4v) is 1.64. The first kappa shape index (κ1) is 19.4. The second kappa shape index (κ2) is 10.1. The predicted molar refractivity (Wildman–Crippen MR) is 86.7 cm³/mol. The predicted octanol–water partition coefficient (Wildman–Crippen LogP) is 1.45. The van der Waals surface area contributed by atoms with Crippen molar-refractivity contribution in [1.29, 1.82) is 0 Å². The molecule has 0 saturated heterocycles. The van der Waals surface area contributed by atoms with Crippen molar-refractivity contribution in [3.8, 4) is 5.82 Å². The van der Waals surface area contributed by atoms with E-state index in [1.807, 2.05) is 19.2 Å². The Morgan fingerprint density at radius 2 is 2.05 bits per heavy atom. The molecule has 0 aliphatic rings. The third-order valence-corrected chi connectivity index (χ3v) is 2.60. The topological polar surface area (TPSA) is 71.8 Å². The van der Waals surface area contributed by atoms with E-state index in [-0.39, 0.29) is 30.7 Å². The Morgan fingerprint density at radius 3 is 2.71 bits per heavy atom. The number of pyridine rings is 1. The van der Waals surface area contributed by atoms with Crippen molar-refractivity contribution in [3.63, 3.8) is 0 Å². The van der Waals surface area contributed by atoms with Gasteiger partial charge in [0.25, 0.3) is 5.91 Å². The molecule has 2 aromatic rings. The Balaban J connectivity index is 0.00000200. The van der Waals surface area contributed by atoms with Crippen molar-refractivity contribution < 1.29 is 4.79 Å². The molecule has 2 rings (SSSR count). The van der Waals surface area contributed by atoms with Crippen molar-refractivity contribution in [1.82, 2.24) is 25.4 Å². The van der Waals surface area contributed by atoms with E-state index in [1.165, 1.54) is 0 Å². The van der Waals surface area contributed by atoms with Gasteiger partial charge in [-0.05, 0) is 38.2 Å². The molecule has 116 valence electrons. The van der Waals surface area contributed by atoms with Crippen LogP contribution in [0.4, 0.5) is 0 Å². The van der Waals surface area contributed by atoms with Crippen molar-refractivity contribution in [2.75, 3.05) is 20.1 Å². The summed E-state index contributed by atoms with van der Waals surface area (Å²) >= 11 is 0. The zero-order valence-corrected chi connectivity index (χ0v) is 13.3. The van der Waals surface area contributed by atoms with Crippen LogP contribution in [-0.4, -0.2) is 40.8 Å². The van der Waals surface area contributed by atoms with Gasteiger partial charge in [-0.3, -0.25) is 4.79 Å². The molecule has 2 heterocycles. The van der Waals surface area contributed by atoms with Gasteiger partial charge in [0, 0.05) is 18.9 Å². The van der Waals surface area contributed by atoms with Crippen molar-refractivity contribution in [2.45, 2.75) is 6.42 Å². The molecular formula is C13H19Cl2N5O. The summed E-state index contributed by atoms with van der Waals surface area (Å²) in [5, 5.41) is 9.95. The van der Waals surface area contributed by atoms with Crippen molar-refractivity contribution in [2.24, 2.45) is 0 Å². The lowest BCUT2D eigenvalue weighted by molar-refractivity contribution is 0.0948. The van der Waals surface area contributed by atoms with E-state index in [0.29, 0.717) is 18.1 Å². The van der Waals surface area contributed by atoms with Crippen LogP contribution >= 0.6 is 24.8 Å². The number of aromatic nitrogens is 3. The SMILES string of the molecule is CNCCCNC(=O)c1cccc(-n2cccn2)n1.Cl.Cl. The highest BCUT2D eigenvalue weighted by atomic mass is 35.5. The monoisotopic (exact) mass is 331 g/mol. The first-order valence-corrected chi connectivity index (χ1v) is 6.21. The molecule has 0 spiro atoms. The maximum absolute atomic E-state index is 11.9. The van der Waals surface area contributed by atoms with E-state index in [2.05, 4.69) is 20.7 Å². The summed E-state index contributed by atoms with van der Waals surface area (Å²) in [6.07, 6.45) is 4.35. The fraction of sp³-hybridized carbons (Fsp3) is 0.308. The number of nitrogens with one attached hydrogen (secondary N) is 2. The van der Waals surface area contributed by atoms with Crippen LogP contribution in [0.3, 0.4) is 0 Å².